The standard InChI is InChI=1S/C21H17ClF3NO2/c1-13-12-14(22)6-9-18(13)26-20(27)11-8-15-7-10-19(28-15)16-4-2-3-5-17(16)21(23,24)25/h2-7,9-10,12H,8,11H2,1H3,(H,26,27). The number of rotatable bonds is 5. The molecular weight excluding hydrogens is 391 g/mol. The van der Waals surface area contributed by atoms with Gasteiger partial charge < -0.3 is 9.73 Å². The molecule has 1 amide bonds. The quantitative estimate of drug-likeness (QED) is 0.524. The molecule has 0 aliphatic heterocycles. The summed E-state index contributed by atoms with van der Waals surface area (Å²) in [5.74, 6) is 0.339. The molecule has 3 aromatic rings. The number of anilines is 1. The molecule has 0 radical (unpaired) electrons. The minimum absolute atomic E-state index is 0.0255. The highest BCUT2D eigenvalue weighted by Crippen LogP contribution is 2.37. The fraction of sp³-hybridized carbons (Fsp3) is 0.190. The maximum absolute atomic E-state index is 13.2. The largest absolute Gasteiger partial charge is 0.461 e. The highest BCUT2D eigenvalue weighted by atomic mass is 35.5. The normalized spacial score (nSPS) is 11.5. The van der Waals surface area contributed by atoms with Gasteiger partial charge in [-0.3, -0.25) is 4.79 Å². The smallest absolute Gasteiger partial charge is 0.417 e. The van der Waals surface area contributed by atoms with Crippen molar-refractivity contribution in [2.45, 2.75) is 25.9 Å². The first-order valence-corrected chi connectivity index (χ1v) is 8.93. The predicted molar refractivity (Wildman–Crippen MR) is 102 cm³/mol. The Kier molecular flexibility index (Phi) is 5.79. The van der Waals surface area contributed by atoms with Gasteiger partial charge in [0.2, 0.25) is 5.91 Å². The van der Waals surface area contributed by atoms with Crippen LogP contribution in [0.2, 0.25) is 5.02 Å². The van der Waals surface area contributed by atoms with Crippen molar-refractivity contribution in [3.8, 4) is 11.3 Å². The molecule has 3 nitrogen and oxygen atoms in total. The molecule has 0 saturated carbocycles. The van der Waals surface area contributed by atoms with E-state index in [1.54, 1.807) is 24.3 Å². The third-order valence-corrected chi connectivity index (χ3v) is 4.46. The Morgan fingerprint density at radius 1 is 1.11 bits per heavy atom. The number of halogens is 4. The minimum atomic E-state index is -4.47. The van der Waals surface area contributed by atoms with E-state index in [2.05, 4.69) is 5.32 Å². The summed E-state index contributed by atoms with van der Waals surface area (Å²) in [6.45, 7) is 1.83. The zero-order chi connectivity index (χ0) is 20.3. The fourth-order valence-electron chi connectivity index (χ4n) is 2.82. The molecule has 1 heterocycles. The van der Waals surface area contributed by atoms with Crippen LogP contribution in [0.4, 0.5) is 18.9 Å². The van der Waals surface area contributed by atoms with Crippen LogP contribution in [0.5, 0.6) is 0 Å². The van der Waals surface area contributed by atoms with Gasteiger partial charge in [0.1, 0.15) is 11.5 Å². The average molecular weight is 408 g/mol. The number of nitrogens with one attached hydrogen (secondary N) is 1. The summed E-state index contributed by atoms with van der Waals surface area (Å²) in [5, 5.41) is 3.37. The summed E-state index contributed by atoms with van der Waals surface area (Å²) in [6.07, 6.45) is -4.07. The molecule has 28 heavy (non-hydrogen) atoms. The molecule has 1 N–H and O–H groups in total. The molecule has 7 heteroatoms. The van der Waals surface area contributed by atoms with Crippen LogP contribution in [0, 0.1) is 6.92 Å². The Bertz CT molecular complexity index is 995. The molecule has 0 unspecified atom stereocenters. The van der Waals surface area contributed by atoms with E-state index in [1.807, 2.05) is 6.92 Å². The molecular formula is C21H17ClF3NO2. The molecule has 0 bridgehead atoms. The molecule has 3 rings (SSSR count). The number of carbonyl (C=O) groups excluding carboxylic acids is 1. The van der Waals surface area contributed by atoms with Crippen molar-refractivity contribution in [1.29, 1.82) is 0 Å². The molecule has 0 aliphatic rings. The van der Waals surface area contributed by atoms with Gasteiger partial charge in [-0.2, -0.15) is 13.2 Å². The Labute approximate surface area is 165 Å². The van der Waals surface area contributed by atoms with Gasteiger partial charge in [0, 0.05) is 29.1 Å². The molecule has 0 saturated heterocycles. The lowest BCUT2D eigenvalue weighted by Crippen LogP contribution is -2.13. The maximum Gasteiger partial charge on any atom is 0.417 e. The van der Waals surface area contributed by atoms with Crippen molar-refractivity contribution < 1.29 is 22.4 Å². The van der Waals surface area contributed by atoms with Crippen LogP contribution in [0.1, 0.15) is 23.3 Å². The van der Waals surface area contributed by atoms with E-state index < -0.39 is 11.7 Å². The first kappa shape index (κ1) is 20.0. The predicted octanol–water partition coefficient (Wildman–Crippen LogP) is 6.50. The Morgan fingerprint density at radius 2 is 1.86 bits per heavy atom. The minimum Gasteiger partial charge on any atom is -0.461 e. The van der Waals surface area contributed by atoms with Crippen molar-refractivity contribution in [2.24, 2.45) is 0 Å². The number of carbonyl (C=O) groups is 1. The number of amides is 1. The maximum atomic E-state index is 13.2. The van der Waals surface area contributed by atoms with E-state index in [4.69, 9.17) is 16.0 Å². The third kappa shape index (κ3) is 4.75. The van der Waals surface area contributed by atoms with E-state index >= 15 is 0 Å². The number of aryl methyl sites for hydroxylation is 2. The molecule has 146 valence electrons. The number of alkyl halides is 3. The summed E-state index contributed by atoms with van der Waals surface area (Å²) in [4.78, 5) is 12.2. The van der Waals surface area contributed by atoms with Crippen molar-refractivity contribution in [2.75, 3.05) is 5.32 Å². The summed E-state index contributed by atoms with van der Waals surface area (Å²) in [5.41, 5.74) is 0.716. The molecule has 0 spiro atoms. The SMILES string of the molecule is Cc1cc(Cl)ccc1NC(=O)CCc1ccc(-c2ccccc2C(F)(F)F)o1. The zero-order valence-corrected chi connectivity index (χ0v) is 15.7. The number of hydrogen-bond acceptors (Lipinski definition) is 2. The van der Waals surface area contributed by atoms with Crippen molar-refractivity contribution in [3.63, 3.8) is 0 Å². The number of benzene rings is 2. The van der Waals surface area contributed by atoms with E-state index in [9.17, 15) is 18.0 Å². The second-order valence-electron chi connectivity index (χ2n) is 6.32. The van der Waals surface area contributed by atoms with Crippen LogP contribution in [-0.4, -0.2) is 5.91 Å². The van der Waals surface area contributed by atoms with Gasteiger partial charge in [-0.15, -0.1) is 0 Å². The lowest BCUT2D eigenvalue weighted by atomic mass is 10.1. The highest BCUT2D eigenvalue weighted by molar-refractivity contribution is 6.30. The van der Waals surface area contributed by atoms with E-state index in [0.29, 0.717) is 16.5 Å². The number of furan rings is 1. The van der Waals surface area contributed by atoms with Crippen molar-refractivity contribution in [3.05, 3.63) is 76.5 Å². The third-order valence-electron chi connectivity index (χ3n) is 4.22. The van der Waals surface area contributed by atoms with E-state index in [0.717, 1.165) is 11.6 Å². The van der Waals surface area contributed by atoms with E-state index in [-0.39, 0.29) is 30.1 Å². The van der Waals surface area contributed by atoms with Crippen LogP contribution >= 0.6 is 11.6 Å². The van der Waals surface area contributed by atoms with Gasteiger partial charge in [0.05, 0.1) is 5.56 Å². The molecule has 0 atom stereocenters. The zero-order valence-electron chi connectivity index (χ0n) is 14.9. The summed E-state index contributed by atoms with van der Waals surface area (Å²) >= 11 is 5.89. The van der Waals surface area contributed by atoms with Gasteiger partial charge in [0.25, 0.3) is 0 Å². The second-order valence-corrected chi connectivity index (χ2v) is 6.75. The first-order chi connectivity index (χ1) is 13.2. The van der Waals surface area contributed by atoms with Crippen LogP contribution in [-0.2, 0) is 17.4 Å². The van der Waals surface area contributed by atoms with Crippen molar-refractivity contribution in [1.82, 2.24) is 0 Å². The lowest BCUT2D eigenvalue weighted by molar-refractivity contribution is -0.137. The number of hydrogen-bond donors (Lipinski definition) is 1. The Morgan fingerprint density at radius 3 is 2.57 bits per heavy atom. The van der Waals surface area contributed by atoms with Crippen LogP contribution in [0.25, 0.3) is 11.3 Å². The monoisotopic (exact) mass is 407 g/mol. The van der Waals surface area contributed by atoms with Crippen LogP contribution < -0.4 is 5.32 Å². The van der Waals surface area contributed by atoms with Gasteiger partial charge in [0.15, 0.2) is 0 Å². The van der Waals surface area contributed by atoms with Crippen LogP contribution in [0.15, 0.2) is 59.0 Å². The van der Waals surface area contributed by atoms with Gasteiger partial charge >= 0.3 is 6.18 Å². The molecule has 1 aromatic heterocycles. The molecule has 0 aliphatic carbocycles. The van der Waals surface area contributed by atoms with Gasteiger partial charge in [-0.1, -0.05) is 29.8 Å². The topological polar surface area (TPSA) is 42.2 Å². The Balaban J connectivity index is 1.66. The summed E-state index contributed by atoms with van der Waals surface area (Å²) < 4.78 is 45.0. The fourth-order valence-corrected chi connectivity index (χ4v) is 3.05. The lowest BCUT2D eigenvalue weighted by Gasteiger charge is -2.10. The van der Waals surface area contributed by atoms with Crippen molar-refractivity contribution >= 4 is 23.2 Å². The second kappa shape index (κ2) is 8.10. The van der Waals surface area contributed by atoms with Gasteiger partial charge in [-0.05, 0) is 48.9 Å². The van der Waals surface area contributed by atoms with Crippen LogP contribution in [0.3, 0.4) is 0 Å². The summed E-state index contributed by atoms with van der Waals surface area (Å²) in [7, 11) is 0. The first-order valence-electron chi connectivity index (χ1n) is 8.55. The van der Waals surface area contributed by atoms with E-state index in [1.165, 1.54) is 24.3 Å². The average Bonchev–Trinajstić information content (AvgIpc) is 3.11. The molecule has 2 aromatic carbocycles. The highest BCUT2D eigenvalue weighted by Gasteiger charge is 2.34. The Hall–Kier alpha value is -2.73. The van der Waals surface area contributed by atoms with Gasteiger partial charge in [-0.25, -0.2) is 0 Å². The molecule has 0 fully saturated rings. The summed E-state index contributed by atoms with van der Waals surface area (Å²) in [6, 6.07) is 13.4.